The van der Waals surface area contributed by atoms with Crippen molar-refractivity contribution in [3.8, 4) is 16.9 Å². The molecule has 8 heteroatoms. The Morgan fingerprint density at radius 2 is 1.83 bits per heavy atom. The van der Waals surface area contributed by atoms with Gasteiger partial charge in [-0.3, -0.25) is 4.79 Å². The predicted octanol–water partition coefficient (Wildman–Crippen LogP) is 5.67. The molecule has 0 bridgehead atoms. The van der Waals surface area contributed by atoms with Gasteiger partial charge < -0.3 is 14.4 Å². The molecule has 0 aliphatic rings. The number of ether oxygens (including phenoxy) is 2. The Bertz CT molecular complexity index is 896. The van der Waals surface area contributed by atoms with E-state index in [-0.39, 0.29) is 17.9 Å². The summed E-state index contributed by atoms with van der Waals surface area (Å²) in [5, 5.41) is 0. The normalized spacial score (nSPS) is 11.1. The van der Waals surface area contributed by atoms with E-state index in [4.69, 9.17) is 9.47 Å². The van der Waals surface area contributed by atoms with E-state index in [9.17, 15) is 22.8 Å². The third kappa shape index (κ3) is 6.50. The molecule has 0 aromatic heterocycles. The number of hydrogen-bond donors (Lipinski definition) is 0. The first-order valence-corrected chi connectivity index (χ1v) is 9.48. The van der Waals surface area contributed by atoms with E-state index in [1.54, 1.807) is 31.3 Å². The molecule has 0 unspecified atom stereocenters. The molecule has 0 saturated carbocycles. The summed E-state index contributed by atoms with van der Waals surface area (Å²) >= 11 is 0. The van der Waals surface area contributed by atoms with Crippen LogP contribution in [0.3, 0.4) is 0 Å². The van der Waals surface area contributed by atoms with Crippen LogP contribution in [0.4, 0.5) is 18.0 Å². The highest BCUT2D eigenvalue weighted by atomic mass is 19.4. The Kier molecular flexibility index (Phi) is 7.86. The Balaban J connectivity index is 2.31. The smallest absolute Gasteiger partial charge is 0.416 e. The van der Waals surface area contributed by atoms with Crippen molar-refractivity contribution >= 4 is 12.1 Å². The molecule has 2 aromatic rings. The van der Waals surface area contributed by atoms with Gasteiger partial charge in [-0.1, -0.05) is 31.5 Å². The van der Waals surface area contributed by atoms with Gasteiger partial charge in [0.15, 0.2) is 0 Å². The van der Waals surface area contributed by atoms with Crippen LogP contribution in [0, 0.1) is 0 Å². The SMILES string of the molecule is CCCCOC(=O)N(C)Cc1cccc(-c2cc(C(F)(F)F)ccc2OC(C)=O)c1. The molecule has 30 heavy (non-hydrogen) atoms. The van der Waals surface area contributed by atoms with Gasteiger partial charge in [0.05, 0.1) is 12.2 Å². The fourth-order valence-electron chi connectivity index (χ4n) is 2.77. The lowest BCUT2D eigenvalue weighted by atomic mass is 9.99. The van der Waals surface area contributed by atoms with Gasteiger partial charge in [-0.15, -0.1) is 0 Å². The maximum atomic E-state index is 13.2. The molecule has 0 aliphatic heterocycles. The number of esters is 1. The average molecular weight is 423 g/mol. The van der Waals surface area contributed by atoms with Crippen LogP contribution >= 0.6 is 0 Å². The number of halogens is 3. The molecule has 2 rings (SSSR count). The van der Waals surface area contributed by atoms with Crippen molar-refractivity contribution in [2.45, 2.75) is 39.4 Å². The van der Waals surface area contributed by atoms with Crippen LogP contribution in [0.15, 0.2) is 42.5 Å². The molecular weight excluding hydrogens is 399 g/mol. The molecule has 0 radical (unpaired) electrons. The first kappa shape index (κ1) is 23.3. The molecular formula is C22H24F3NO4. The van der Waals surface area contributed by atoms with E-state index in [0.717, 1.165) is 31.0 Å². The molecule has 5 nitrogen and oxygen atoms in total. The topological polar surface area (TPSA) is 55.8 Å². The van der Waals surface area contributed by atoms with Gasteiger partial charge >= 0.3 is 18.2 Å². The second kappa shape index (κ2) is 10.1. The van der Waals surface area contributed by atoms with Crippen molar-refractivity contribution in [1.29, 1.82) is 0 Å². The fourth-order valence-corrected chi connectivity index (χ4v) is 2.77. The van der Waals surface area contributed by atoms with E-state index in [1.165, 1.54) is 11.8 Å². The van der Waals surface area contributed by atoms with Gasteiger partial charge in [0, 0.05) is 26.1 Å². The van der Waals surface area contributed by atoms with Crippen LogP contribution < -0.4 is 4.74 Å². The van der Waals surface area contributed by atoms with Gasteiger partial charge in [0.1, 0.15) is 5.75 Å². The molecule has 1 amide bonds. The van der Waals surface area contributed by atoms with Crippen molar-refractivity contribution in [3.63, 3.8) is 0 Å². The van der Waals surface area contributed by atoms with Gasteiger partial charge in [0.2, 0.25) is 0 Å². The second-order valence-electron chi connectivity index (χ2n) is 6.83. The summed E-state index contributed by atoms with van der Waals surface area (Å²) in [6.45, 7) is 3.70. The minimum atomic E-state index is -4.54. The Morgan fingerprint density at radius 3 is 2.47 bits per heavy atom. The lowest BCUT2D eigenvalue weighted by Gasteiger charge is -2.18. The van der Waals surface area contributed by atoms with E-state index in [1.807, 2.05) is 6.92 Å². The van der Waals surface area contributed by atoms with E-state index in [2.05, 4.69) is 0 Å². The predicted molar refractivity (Wildman–Crippen MR) is 106 cm³/mol. The maximum absolute atomic E-state index is 13.2. The molecule has 0 N–H and O–H groups in total. The monoisotopic (exact) mass is 423 g/mol. The summed E-state index contributed by atoms with van der Waals surface area (Å²) in [6, 6.07) is 9.62. The highest BCUT2D eigenvalue weighted by Gasteiger charge is 2.31. The van der Waals surface area contributed by atoms with Crippen molar-refractivity contribution in [2.75, 3.05) is 13.7 Å². The maximum Gasteiger partial charge on any atom is 0.416 e. The van der Waals surface area contributed by atoms with E-state index < -0.39 is 23.8 Å². The van der Waals surface area contributed by atoms with Crippen molar-refractivity contribution in [3.05, 3.63) is 53.6 Å². The minimum absolute atomic E-state index is 0.0278. The molecule has 162 valence electrons. The quantitative estimate of drug-likeness (QED) is 0.327. The number of carbonyl (C=O) groups is 2. The van der Waals surface area contributed by atoms with Gasteiger partial charge in [0.25, 0.3) is 0 Å². The molecule has 0 spiro atoms. The van der Waals surface area contributed by atoms with Crippen LogP contribution in [0.2, 0.25) is 0 Å². The largest absolute Gasteiger partial charge is 0.449 e. The Labute approximate surface area is 173 Å². The molecule has 0 heterocycles. The highest BCUT2D eigenvalue weighted by molar-refractivity contribution is 5.77. The molecule has 0 aliphatic carbocycles. The van der Waals surface area contributed by atoms with E-state index in [0.29, 0.717) is 17.7 Å². The van der Waals surface area contributed by atoms with Crippen molar-refractivity contribution < 1.29 is 32.2 Å². The van der Waals surface area contributed by atoms with Crippen LogP contribution in [0.5, 0.6) is 5.75 Å². The second-order valence-corrected chi connectivity index (χ2v) is 6.83. The average Bonchev–Trinajstić information content (AvgIpc) is 2.67. The van der Waals surface area contributed by atoms with Crippen LogP contribution in [-0.2, 0) is 22.3 Å². The van der Waals surface area contributed by atoms with Gasteiger partial charge in [-0.25, -0.2) is 4.79 Å². The van der Waals surface area contributed by atoms with Crippen LogP contribution in [0.1, 0.15) is 37.8 Å². The Hall–Kier alpha value is -3.03. The minimum Gasteiger partial charge on any atom is -0.449 e. The summed E-state index contributed by atoms with van der Waals surface area (Å²) in [5.41, 5.74) is 0.404. The summed E-state index contributed by atoms with van der Waals surface area (Å²) in [5.74, 6) is -0.610. The lowest BCUT2D eigenvalue weighted by molar-refractivity contribution is -0.137. The summed E-state index contributed by atoms with van der Waals surface area (Å²) in [6.07, 6.45) is -3.35. The highest BCUT2D eigenvalue weighted by Crippen LogP contribution is 2.37. The fraction of sp³-hybridized carbons (Fsp3) is 0.364. The first-order chi connectivity index (χ1) is 14.1. The number of benzene rings is 2. The summed E-state index contributed by atoms with van der Waals surface area (Å²) in [7, 11) is 1.58. The number of unbranched alkanes of at least 4 members (excludes halogenated alkanes) is 1. The lowest BCUT2D eigenvalue weighted by Crippen LogP contribution is -2.27. The number of carbonyl (C=O) groups excluding carboxylic acids is 2. The molecule has 2 aromatic carbocycles. The van der Waals surface area contributed by atoms with Crippen LogP contribution in [-0.4, -0.2) is 30.6 Å². The van der Waals surface area contributed by atoms with Gasteiger partial charge in [-0.2, -0.15) is 13.2 Å². The van der Waals surface area contributed by atoms with Crippen LogP contribution in [0.25, 0.3) is 11.1 Å². The number of nitrogens with zero attached hydrogens (tertiary/aromatic N) is 1. The molecule has 0 atom stereocenters. The zero-order valence-corrected chi connectivity index (χ0v) is 17.1. The number of hydrogen-bond acceptors (Lipinski definition) is 4. The standard InChI is InChI=1S/C22H24F3NO4/c1-4-5-11-29-21(28)26(3)14-16-7-6-8-17(12-16)19-13-18(22(23,24)25)9-10-20(19)30-15(2)27/h6-10,12-13H,4-5,11,14H2,1-3H3. The molecule has 0 saturated heterocycles. The zero-order chi connectivity index (χ0) is 22.3. The van der Waals surface area contributed by atoms with E-state index >= 15 is 0 Å². The number of rotatable bonds is 7. The number of alkyl halides is 3. The zero-order valence-electron chi connectivity index (χ0n) is 17.1. The third-order valence-electron chi connectivity index (χ3n) is 4.25. The van der Waals surface area contributed by atoms with Crippen molar-refractivity contribution in [1.82, 2.24) is 4.90 Å². The summed E-state index contributed by atoms with van der Waals surface area (Å²) < 4.78 is 49.8. The number of amides is 1. The Morgan fingerprint density at radius 1 is 1.10 bits per heavy atom. The van der Waals surface area contributed by atoms with Gasteiger partial charge in [-0.05, 0) is 41.8 Å². The third-order valence-corrected chi connectivity index (χ3v) is 4.25. The first-order valence-electron chi connectivity index (χ1n) is 9.48. The molecule has 0 fully saturated rings. The summed E-state index contributed by atoms with van der Waals surface area (Å²) in [4.78, 5) is 24.8. The van der Waals surface area contributed by atoms with Crippen molar-refractivity contribution in [2.24, 2.45) is 0 Å².